The fraction of sp³-hybridized carbons (Fsp3) is 0.417. The maximum atomic E-state index is 13.3. The number of rotatable bonds is 8. The van der Waals surface area contributed by atoms with Crippen molar-refractivity contribution in [2.75, 3.05) is 35.9 Å². The smallest absolute Gasteiger partial charge is 0.374 e. The van der Waals surface area contributed by atoms with Crippen LogP contribution in [0.4, 0.5) is 11.5 Å². The van der Waals surface area contributed by atoms with E-state index in [-0.39, 0.29) is 34.6 Å². The number of nitrogens with zero attached hydrogens (tertiary/aromatic N) is 2. The number of aryl methyl sites for hydroxylation is 1. The van der Waals surface area contributed by atoms with Crippen molar-refractivity contribution >= 4 is 50.1 Å². The Hall–Kier alpha value is -2.82. The molecule has 0 atom stereocenters. The number of carbonyl (C=O) groups is 1. The standard InChI is InChI=1S/C24H28ClN3O6S/c1-4-32-17-8-10-28(11-9-17)23-20(12-16(25)14-26-23)27-35(30,31)18-6-7-19-15(3)22(24(29)33-5-2)34-21(19)13-18/h6-7,12-14,17,27H,4-5,8-11H2,1-3H3. The number of sulfonamides is 1. The highest BCUT2D eigenvalue weighted by molar-refractivity contribution is 7.92. The van der Waals surface area contributed by atoms with Crippen LogP contribution in [0.1, 0.15) is 42.8 Å². The number of anilines is 2. The fourth-order valence-corrected chi connectivity index (χ4v) is 5.42. The molecule has 1 aromatic carbocycles. The van der Waals surface area contributed by atoms with Crippen LogP contribution in [0.15, 0.2) is 39.8 Å². The molecule has 4 rings (SSSR count). The molecule has 35 heavy (non-hydrogen) atoms. The van der Waals surface area contributed by atoms with Gasteiger partial charge in [-0.2, -0.15) is 0 Å². The molecule has 3 aromatic rings. The predicted octanol–water partition coefficient (Wildman–Crippen LogP) is 4.77. The van der Waals surface area contributed by atoms with Gasteiger partial charge >= 0.3 is 5.97 Å². The first kappa shape index (κ1) is 25.3. The second kappa shape index (κ2) is 10.4. The number of carbonyl (C=O) groups excluding carboxylic acids is 1. The second-order valence-electron chi connectivity index (χ2n) is 8.21. The lowest BCUT2D eigenvalue weighted by Crippen LogP contribution is -2.38. The number of aromatic nitrogens is 1. The van der Waals surface area contributed by atoms with E-state index in [2.05, 4.69) is 9.71 Å². The van der Waals surface area contributed by atoms with Crippen molar-refractivity contribution in [3.05, 3.63) is 46.8 Å². The number of benzene rings is 1. The number of hydrogen-bond donors (Lipinski definition) is 1. The molecule has 1 fully saturated rings. The van der Waals surface area contributed by atoms with Gasteiger partial charge in [0.25, 0.3) is 10.0 Å². The molecule has 11 heteroatoms. The van der Waals surface area contributed by atoms with Gasteiger partial charge < -0.3 is 18.8 Å². The Morgan fingerprint density at radius 2 is 1.97 bits per heavy atom. The van der Waals surface area contributed by atoms with E-state index in [4.69, 9.17) is 25.5 Å². The zero-order chi connectivity index (χ0) is 25.2. The van der Waals surface area contributed by atoms with Crippen molar-refractivity contribution in [1.82, 2.24) is 4.98 Å². The Labute approximate surface area is 209 Å². The van der Waals surface area contributed by atoms with Gasteiger partial charge in [0.2, 0.25) is 5.76 Å². The van der Waals surface area contributed by atoms with Gasteiger partial charge in [-0.25, -0.2) is 18.2 Å². The highest BCUT2D eigenvalue weighted by atomic mass is 35.5. The number of nitrogens with one attached hydrogen (secondary N) is 1. The Kier molecular flexibility index (Phi) is 7.53. The third-order valence-corrected chi connectivity index (χ3v) is 7.47. The molecule has 1 saturated heterocycles. The first-order valence-electron chi connectivity index (χ1n) is 11.5. The van der Waals surface area contributed by atoms with Crippen LogP contribution in [0.25, 0.3) is 11.0 Å². The summed E-state index contributed by atoms with van der Waals surface area (Å²) >= 11 is 6.15. The highest BCUT2D eigenvalue weighted by Gasteiger charge is 2.26. The number of halogens is 1. The first-order chi connectivity index (χ1) is 16.7. The van der Waals surface area contributed by atoms with Crippen molar-refractivity contribution < 1.29 is 27.1 Å². The van der Waals surface area contributed by atoms with Crippen LogP contribution in [-0.4, -0.2) is 51.8 Å². The van der Waals surface area contributed by atoms with Crippen LogP contribution >= 0.6 is 11.6 Å². The van der Waals surface area contributed by atoms with E-state index in [1.165, 1.54) is 18.3 Å². The van der Waals surface area contributed by atoms with Crippen molar-refractivity contribution in [2.45, 2.75) is 44.6 Å². The van der Waals surface area contributed by atoms with Crippen LogP contribution in [0.2, 0.25) is 5.02 Å². The highest BCUT2D eigenvalue weighted by Crippen LogP contribution is 2.33. The van der Waals surface area contributed by atoms with Crippen LogP contribution < -0.4 is 9.62 Å². The van der Waals surface area contributed by atoms with E-state index >= 15 is 0 Å². The summed E-state index contributed by atoms with van der Waals surface area (Å²) in [5.74, 6) is -0.0277. The van der Waals surface area contributed by atoms with Gasteiger partial charge in [-0.15, -0.1) is 0 Å². The number of ether oxygens (including phenoxy) is 2. The monoisotopic (exact) mass is 521 g/mol. The maximum absolute atomic E-state index is 13.3. The molecule has 0 bridgehead atoms. The average molecular weight is 522 g/mol. The summed E-state index contributed by atoms with van der Waals surface area (Å²) < 4.78 is 45.6. The molecule has 0 radical (unpaired) electrons. The van der Waals surface area contributed by atoms with Crippen molar-refractivity contribution in [1.29, 1.82) is 0 Å². The van der Waals surface area contributed by atoms with Gasteiger partial charge in [-0.3, -0.25) is 4.72 Å². The Morgan fingerprint density at radius 3 is 2.66 bits per heavy atom. The van der Waals surface area contributed by atoms with Gasteiger partial charge in [-0.05, 0) is 51.8 Å². The van der Waals surface area contributed by atoms with Crippen LogP contribution in [0.3, 0.4) is 0 Å². The van der Waals surface area contributed by atoms with Crippen molar-refractivity contribution in [3.63, 3.8) is 0 Å². The first-order valence-corrected chi connectivity index (χ1v) is 13.3. The summed E-state index contributed by atoms with van der Waals surface area (Å²) in [4.78, 5) is 18.6. The third kappa shape index (κ3) is 5.39. The number of hydrogen-bond acceptors (Lipinski definition) is 8. The molecule has 188 valence electrons. The lowest BCUT2D eigenvalue weighted by Gasteiger charge is -2.33. The Bertz CT molecular complexity index is 1330. The summed E-state index contributed by atoms with van der Waals surface area (Å²) in [6.07, 6.45) is 3.33. The lowest BCUT2D eigenvalue weighted by atomic mass is 10.1. The second-order valence-corrected chi connectivity index (χ2v) is 10.3. The van der Waals surface area contributed by atoms with Gasteiger partial charge in [0.1, 0.15) is 5.58 Å². The van der Waals surface area contributed by atoms with Crippen LogP contribution in [0.5, 0.6) is 0 Å². The van der Waals surface area contributed by atoms with Crippen molar-refractivity contribution in [2.24, 2.45) is 0 Å². The molecule has 0 spiro atoms. The normalized spacial score (nSPS) is 14.9. The zero-order valence-electron chi connectivity index (χ0n) is 19.8. The molecule has 0 amide bonds. The molecule has 1 aliphatic rings. The van der Waals surface area contributed by atoms with Gasteiger partial charge in [-0.1, -0.05) is 11.6 Å². The van der Waals surface area contributed by atoms with Crippen LogP contribution in [0, 0.1) is 6.92 Å². The minimum absolute atomic E-state index is 0.0184. The molecule has 1 N–H and O–H groups in total. The summed E-state index contributed by atoms with van der Waals surface area (Å²) in [7, 11) is -4.01. The summed E-state index contributed by atoms with van der Waals surface area (Å²) in [6, 6.07) is 6.01. The van der Waals surface area contributed by atoms with E-state index in [1.54, 1.807) is 26.0 Å². The van der Waals surface area contributed by atoms with E-state index in [0.29, 0.717) is 41.5 Å². The number of piperidine rings is 1. The van der Waals surface area contributed by atoms with E-state index in [1.807, 2.05) is 11.8 Å². The quantitative estimate of drug-likeness (QED) is 0.422. The molecule has 0 unspecified atom stereocenters. The topological polar surface area (TPSA) is 111 Å². The number of pyridine rings is 1. The maximum Gasteiger partial charge on any atom is 0.374 e. The third-order valence-electron chi connectivity index (χ3n) is 5.90. The van der Waals surface area contributed by atoms with Gasteiger partial charge in [0.15, 0.2) is 5.82 Å². The minimum atomic E-state index is -4.01. The van der Waals surface area contributed by atoms with Crippen LogP contribution in [-0.2, 0) is 19.5 Å². The number of fused-ring (bicyclic) bond motifs is 1. The molecule has 0 saturated carbocycles. The molecule has 2 aromatic heterocycles. The van der Waals surface area contributed by atoms with Gasteiger partial charge in [0.05, 0.1) is 28.3 Å². The van der Waals surface area contributed by atoms with E-state index in [0.717, 1.165) is 12.8 Å². The predicted molar refractivity (Wildman–Crippen MR) is 134 cm³/mol. The van der Waals surface area contributed by atoms with Gasteiger partial charge in [0, 0.05) is 42.9 Å². The molecule has 9 nitrogen and oxygen atoms in total. The largest absolute Gasteiger partial charge is 0.460 e. The summed E-state index contributed by atoms with van der Waals surface area (Å²) in [5.41, 5.74) is 1.15. The minimum Gasteiger partial charge on any atom is -0.460 e. The average Bonchev–Trinajstić information content (AvgIpc) is 3.16. The molecule has 1 aliphatic heterocycles. The van der Waals surface area contributed by atoms with Crippen molar-refractivity contribution in [3.8, 4) is 0 Å². The number of esters is 1. The van der Waals surface area contributed by atoms with E-state index < -0.39 is 16.0 Å². The lowest BCUT2D eigenvalue weighted by molar-refractivity contribution is 0.0458. The molecule has 0 aliphatic carbocycles. The summed E-state index contributed by atoms with van der Waals surface area (Å²) in [5, 5.41) is 0.945. The zero-order valence-corrected chi connectivity index (χ0v) is 21.4. The SMILES string of the molecule is CCOC(=O)c1oc2cc(S(=O)(=O)Nc3cc(Cl)cnc3N3CCC(OCC)CC3)ccc2c1C. The van der Waals surface area contributed by atoms with E-state index in [9.17, 15) is 13.2 Å². The molecular weight excluding hydrogens is 494 g/mol. The Balaban J connectivity index is 1.62. The Morgan fingerprint density at radius 1 is 1.23 bits per heavy atom. The summed E-state index contributed by atoms with van der Waals surface area (Å²) in [6.45, 7) is 7.63. The molecular formula is C24H28ClN3O6S. The fourth-order valence-electron chi connectivity index (χ4n) is 4.20. The number of furan rings is 1. The molecule has 3 heterocycles.